The van der Waals surface area contributed by atoms with Crippen LogP contribution in [-0.4, -0.2) is 9.78 Å². The van der Waals surface area contributed by atoms with E-state index in [2.05, 4.69) is 5.10 Å². The molecule has 3 rings (SSSR count). The van der Waals surface area contributed by atoms with E-state index in [0.717, 1.165) is 16.8 Å². The second-order valence-corrected chi connectivity index (χ2v) is 4.22. The second-order valence-electron chi connectivity index (χ2n) is 4.22. The van der Waals surface area contributed by atoms with Gasteiger partial charge in [-0.25, -0.2) is 13.5 Å². The summed E-state index contributed by atoms with van der Waals surface area (Å²) in [5, 5.41) is 2.67. The smallest absolute Gasteiger partial charge is 0.267 e. The molecule has 0 fully saturated rings. The lowest BCUT2D eigenvalue weighted by molar-refractivity contribution is 0.570. The molecule has 3 aromatic rings. The van der Waals surface area contributed by atoms with Crippen LogP contribution in [0.5, 0.6) is 0 Å². The highest BCUT2D eigenvalue weighted by Gasteiger charge is 2.12. The molecule has 20 heavy (non-hydrogen) atoms. The molecule has 1 N–H and O–H groups in total. The Hall–Kier alpha value is -2.76. The van der Waals surface area contributed by atoms with E-state index in [4.69, 9.17) is 0 Å². The molecule has 6 heteroatoms. The number of fused-ring (bicyclic) bond motifs is 1. The van der Waals surface area contributed by atoms with Crippen LogP contribution in [0.1, 0.15) is 0 Å². The molecule has 0 aliphatic rings. The molecular formula is C14H8F2N2O2. The van der Waals surface area contributed by atoms with E-state index in [1.807, 2.05) is 0 Å². The van der Waals surface area contributed by atoms with Crippen molar-refractivity contribution in [2.24, 2.45) is 0 Å². The Morgan fingerprint density at radius 3 is 2.35 bits per heavy atom. The Morgan fingerprint density at radius 1 is 0.950 bits per heavy atom. The van der Waals surface area contributed by atoms with E-state index >= 15 is 0 Å². The summed E-state index contributed by atoms with van der Waals surface area (Å²) in [6.45, 7) is 0. The molecule has 0 aliphatic carbocycles. The standard InChI is InChI=1S/C14H8F2N2O2/c15-8-5-6-12(11(16)7-8)18-14(20)10-4-2-1-3-9(10)13(19)17-18/h1-7H,(H,17,19). The highest BCUT2D eigenvalue weighted by Crippen LogP contribution is 2.12. The van der Waals surface area contributed by atoms with Crippen molar-refractivity contribution >= 4 is 10.8 Å². The Morgan fingerprint density at radius 2 is 1.65 bits per heavy atom. The first-order chi connectivity index (χ1) is 9.58. The minimum absolute atomic E-state index is 0.167. The molecule has 1 aromatic heterocycles. The second kappa shape index (κ2) is 4.41. The van der Waals surface area contributed by atoms with Gasteiger partial charge in [0.15, 0.2) is 5.82 Å². The van der Waals surface area contributed by atoms with E-state index in [-0.39, 0.29) is 16.5 Å². The third-order valence-electron chi connectivity index (χ3n) is 2.97. The zero-order chi connectivity index (χ0) is 14.3. The Kier molecular flexibility index (Phi) is 2.71. The third-order valence-corrected chi connectivity index (χ3v) is 2.97. The van der Waals surface area contributed by atoms with Crippen LogP contribution >= 0.6 is 0 Å². The summed E-state index contributed by atoms with van der Waals surface area (Å²) >= 11 is 0. The molecule has 0 atom stereocenters. The first kappa shape index (κ1) is 12.3. The van der Waals surface area contributed by atoms with Crippen LogP contribution in [0.15, 0.2) is 52.1 Å². The van der Waals surface area contributed by atoms with Crippen LogP contribution in [0, 0.1) is 11.6 Å². The molecule has 0 amide bonds. The molecule has 0 saturated carbocycles. The molecule has 0 radical (unpaired) electrons. The highest BCUT2D eigenvalue weighted by molar-refractivity contribution is 5.80. The summed E-state index contributed by atoms with van der Waals surface area (Å²) in [7, 11) is 0. The van der Waals surface area contributed by atoms with Gasteiger partial charge in [-0.3, -0.25) is 14.7 Å². The molecule has 0 unspecified atom stereocenters. The van der Waals surface area contributed by atoms with Crippen LogP contribution < -0.4 is 11.1 Å². The fourth-order valence-corrected chi connectivity index (χ4v) is 2.03. The molecule has 4 nitrogen and oxygen atoms in total. The monoisotopic (exact) mass is 274 g/mol. The first-order valence-electron chi connectivity index (χ1n) is 5.77. The minimum atomic E-state index is -0.932. The van der Waals surface area contributed by atoms with Gasteiger partial charge in [-0.05, 0) is 24.3 Å². The minimum Gasteiger partial charge on any atom is -0.267 e. The van der Waals surface area contributed by atoms with E-state index in [1.54, 1.807) is 12.1 Å². The van der Waals surface area contributed by atoms with Gasteiger partial charge in [0.1, 0.15) is 11.5 Å². The van der Waals surface area contributed by atoms with Crippen LogP contribution in [0.25, 0.3) is 16.5 Å². The van der Waals surface area contributed by atoms with Gasteiger partial charge in [-0.2, -0.15) is 0 Å². The number of H-pyrrole nitrogens is 1. The molecule has 0 spiro atoms. The van der Waals surface area contributed by atoms with Gasteiger partial charge in [0, 0.05) is 6.07 Å². The van der Waals surface area contributed by atoms with Crippen molar-refractivity contribution in [3.8, 4) is 5.69 Å². The van der Waals surface area contributed by atoms with Crippen LogP contribution in [0.4, 0.5) is 8.78 Å². The van der Waals surface area contributed by atoms with Crippen LogP contribution in [0.3, 0.4) is 0 Å². The maximum absolute atomic E-state index is 13.7. The fourth-order valence-electron chi connectivity index (χ4n) is 2.03. The van der Waals surface area contributed by atoms with Gasteiger partial charge in [0.25, 0.3) is 11.1 Å². The van der Waals surface area contributed by atoms with Crippen molar-refractivity contribution < 1.29 is 8.78 Å². The SMILES string of the molecule is O=c1[nH]n(-c2ccc(F)cc2F)c(=O)c2ccccc12. The van der Waals surface area contributed by atoms with Crippen molar-refractivity contribution in [2.45, 2.75) is 0 Å². The quantitative estimate of drug-likeness (QED) is 0.737. The van der Waals surface area contributed by atoms with E-state index in [9.17, 15) is 18.4 Å². The normalized spacial score (nSPS) is 10.9. The van der Waals surface area contributed by atoms with Gasteiger partial charge in [0.2, 0.25) is 0 Å². The third kappa shape index (κ3) is 1.82. The van der Waals surface area contributed by atoms with Gasteiger partial charge in [0.05, 0.1) is 10.8 Å². The first-order valence-corrected chi connectivity index (χ1v) is 5.77. The number of benzene rings is 2. The molecule has 0 saturated heterocycles. The summed E-state index contributed by atoms with van der Waals surface area (Å²) in [6, 6.07) is 8.96. The summed E-state index contributed by atoms with van der Waals surface area (Å²) in [6.07, 6.45) is 0. The van der Waals surface area contributed by atoms with Crippen LogP contribution in [-0.2, 0) is 0 Å². The topological polar surface area (TPSA) is 54.9 Å². The number of halogens is 2. The summed E-state index contributed by atoms with van der Waals surface area (Å²) in [5.41, 5.74) is -1.31. The summed E-state index contributed by atoms with van der Waals surface area (Å²) in [4.78, 5) is 24.1. The van der Waals surface area contributed by atoms with E-state index < -0.39 is 22.8 Å². The maximum Gasteiger partial charge on any atom is 0.277 e. The van der Waals surface area contributed by atoms with Crippen molar-refractivity contribution in [2.75, 3.05) is 0 Å². The Bertz CT molecular complexity index is 928. The Balaban J connectivity index is 2.41. The lowest BCUT2D eigenvalue weighted by Crippen LogP contribution is -2.29. The molecular weight excluding hydrogens is 266 g/mol. The average molecular weight is 274 g/mol. The van der Waals surface area contributed by atoms with E-state index in [0.29, 0.717) is 6.07 Å². The zero-order valence-electron chi connectivity index (χ0n) is 10.1. The molecule has 100 valence electrons. The average Bonchev–Trinajstić information content (AvgIpc) is 2.43. The number of aromatic nitrogens is 2. The van der Waals surface area contributed by atoms with Gasteiger partial charge < -0.3 is 0 Å². The van der Waals surface area contributed by atoms with Gasteiger partial charge >= 0.3 is 0 Å². The van der Waals surface area contributed by atoms with E-state index in [1.165, 1.54) is 12.1 Å². The lowest BCUT2D eigenvalue weighted by atomic mass is 10.2. The lowest BCUT2D eigenvalue weighted by Gasteiger charge is -2.08. The van der Waals surface area contributed by atoms with Crippen molar-refractivity contribution in [1.29, 1.82) is 0 Å². The summed E-state index contributed by atoms with van der Waals surface area (Å²) < 4.78 is 27.4. The predicted octanol–water partition coefficient (Wildman–Crippen LogP) is 1.96. The van der Waals surface area contributed by atoms with Gasteiger partial charge in [-0.1, -0.05) is 12.1 Å². The van der Waals surface area contributed by atoms with Crippen molar-refractivity contribution in [1.82, 2.24) is 9.78 Å². The molecule has 0 bridgehead atoms. The summed E-state index contributed by atoms with van der Waals surface area (Å²) in [5.74, 6) is -1.69. The number of hydrogen-bond donors (Lipinski definition) is 1. The number of nitrogens with zero attached hydrogens (tertiary/aromatic N) is 1. The van der Waals surface area contributed by atoms with Gasteiger partial charge in [-0.15, -0.1) is 0 Å². The van der Waals surface area contributed by atoms with Crippen molar-refractivity contribution in [3.05, 3.63) is 74.8 Å². The zero-order valence-corrected chi connectivity index (χ0v) is 10.1. The number of rotatable bonds is 1. The number of nitrogens with one attached hydrogen (secondary N) is 1. The molecule has 1 heterocycles. The predicted molar refractivity (Wildman–Crippen MR) is 70.1 cm³/mol. The maximum atomic E-state index is 13.7. The highest BCUT2D eigenvalue weighted by atomic mass is 19.1. The number of aromatic amines is 1. The van der Waals surface area contributed by atoms with Crippen molar-refractivity contribution in [3.63, 3.8) is 0 Å². The Labute approximate surface area is 110 Å². The number of hydrogen-bond acceptors (Lipinski definition) is 2. The molecule has 0 aliphatic heterocycles. The fraction of sp³-hybridized carbons (Fsp3) is 0. The van der Waals surface area contributed by atoms with Crippen LogP contribution in [0.2, 0.25) is 0 Å². The largest absolute Gasteiger partial charge is 0.277 e. The molecule has 2 aromatic carbocycles.